The fraction of sp³-hybridized carbons (Fsp3) is 0.458. The standard InChI is InChI=1S/C24H24ClNO5/c1-14-7-16(5-6-18(14)25)30-9-15(27)8-23-11-24(12-23,13-23)26-22(29)17-10-31-20-4-2-3-19(28)21(17)20/h5-7,10H,2-4,8-9,11-13H2,1H3,(H,26,29). The van der Waals surface area contributed by atoms with Crippen molar-refractivity contribution in [2.45, 2.75) is 57.4 Å². The monoisotopic (exact) mass is 441 g/mol. The molecule has 1 aromatic carbocycles. The normalized spacial score (nSPS) is 25.8. The Morgan fingerprint density at radius 3 is 2.74 bits per heavy atom. The van der Waals surface area contributed by atoms with Crippen molar-refractivity contribution in [3.63, 3.8) is 0 Å². The number of nitrogens with one attached hydrogen (secondary N) is 1. The van der Waals surface area contributed by atoms with Gasteiger partial charge in [-0.25, -0.2) is 0 Å². The lowest BCUT2D eigenvalue weighted by molar-refractivity contribution is -0.162. The Kier molecular flexibility index (Phi) is 4.74. The summed E-state index contributed by atoms with van der Waals surface area (Å²) in [7, 11) is 0. The molecule has 162 valence electrons. The SMILES string of the molecule is Cc1cc(OCC(=O)CC23CC(NC(=O)c4coc5c4C(=O)CCC5)(C2)C3)ccc1Cl. The van der Waals surface area contributed by atoms with Gasteiger partial charge in [-0.05, 0) is 61.8 Å². The van der Waals surface area contributed by atoms with Gasteiger partial charge in [0.25, 0.3) is 5.91 Å². The van der Waals surface area contributed by atoms with Crippen LogP contribution in [-0.2, 0) is 11.2 Å². The number of ketones is 2. The first-order valence-corrected chi connectivity index (χ1v) is 11.0. The van der Waals surface area contributed by atoms with Crippen molar-refractivity contribution in [2.75, 3.05) is 6.61 Å². The number of carbonyl (C=O) groups is 3. The molecule has 0 unspecified atom stereocenters. The number of furan rings is 1. The van der Waals surface area contributed by atoms with Gasteiger partial charge in [0.2, 0.25) is 0 Å². The molecule has 0 saturated heterocycles. The van der Waals surface area contributed by atoms with Crippen LogP contribution in [0.4, 0.5) is 0 Å². The van der Waals surface area contributed by atoms with Crippen LogP contribution in [-0.4, -0.2) is 29.6 Å². The summed E-state index contributed by atoms with van der Waals surface area (Å²) < 4.78 is 11.1. The van der Waals surface area contributed by atoms with Gasteiger partial charge >= 0.3 is 0 Å². The maximum absolute atomic E-state index is 12.8. The van der Waals surface area contributed by atoms with Gasteiger partial charge in [-0.2, -0.15) is 0 Å². The van der Waals surface area contributed by atoms with Crippen molar-refractivity contribution < 1.29 is 23.5 Å². The lowest BCUT2D eigenvalue weighted by Crippen LogP contribution is -2.75. The van der Waals surface area contributed by atoms with Crippen LogP contribution in [0.2, 0.25) is 5.02 Å². The van der Waals surface area contributed by atoms with Gasteiger partial charge in [-0.3, -0.25) is 14.4 Å². The van der Waals surface area contributed by atoms with E-state index in [1.807, 2.05) is 13.0 Å². The number of ether oxygens (including phenoxy) is 1. The molecular formula is C24H24ClNO5. The molecule has 1 N–H and O–H groups in total. The van der Waals surface area contributed by atoms with Gasteiger partial charge in [0, 0.05) is 29.8 Å². The van der Waals surface area contributed by atoms with Crippen LogP contribution in [0.1, 0.15) is 70.6 Å². The van der Waals surface area contributed by atoms with E-state index in [0.717, 1.165) is 31.2 Å². The van der Waals surface area contributed by atoms with E-state index in [0.29, 0.717) is 46.9 Å². The quantitative estimate of drug-likeness (QED) is 0.686. The number of hydrogen-bond acceptors (Lipinski definition) is 5. The highest BCUT2D eigenvalue weighted by Gasteiger charge is 2.68. The van der Waals surface area contributed by atoms with Crippen LogP contribution in [0.3, 0.4) is 0 Å². The zero-order valence-electron chi connectivity index (χ0n) is 17.4. The number of benzene rings is 1. The third-order valence-electron chi connectivity index (χ3n) is 6.82. The number of halogens is 1. The third-order valence-corrected chi connectivity index (χ3v) is 7.24. The summed E-state index contributed by atoms with van der Waals surface area (Å²) in [5, 5.41) is 3.76. The molecular weight excluding hydrogens is 418 g/mol. The van der Waals surface area contributed by atoms with E-state index in [1.165, 1.54) is 6.26 Å². The number of aryl methyl sites for hydroxylation is 2. The maximum atomic E-state index is 12.8. The molecule has 0 radical (unpaired) electrons. The lowest BCUT2D eigenvalue weighted by atomic mass is 9.38. The van der Waals surface area contributed by atoms with Crippen LogP contribution in [0.5, 0.6) is 5.75 Å². The Labute approximate surface area is 185 Å². The van der Waals surface area contributed by atoms with Crippen molar-refractivity contribution in [1.29, 1.82) is 0 Å². The molecule has 3 saturated carbocycles. The second-order valence-corrected chi connectivity index (χ2v) is 9.81. The number of fused-ring (bicyclic) bond motifs is 1. The molecule has 0 aliphatic heterocycles. The first kappa shape index (κ1) is 20.3. The first-order valence-electron chi connectivity index (χ1n) is 10.6. The highest BCUT2D eigenvalue weighted by molar-refractivity contribution is 6.31. The molecule has 1 heterocycles. The zero-order chi connectivity index (χ0) is 21.8. The van der Waals surface area contributed by atoms with E-state index >= 15 is 0 Å². The molecule has 3 fully saturated rings. The Morgan fingerprint density at radius 1 is 1.23 bits per heavy atom. The molecule has 2 bridgehead atoms. The minimum atomic E-state index is -0.257. The van der Waals surface area contributed by atoms with E-state index in [2.05, 4.69) is 5.32 Å². The molecule has 7 heteroatoms. The molecule has 2 aromatic rings. The summed E-state index contributed by atoms with van der Waals surface area (Å²) in [6, 6.07) is 5.34. The molecule has 4 aliphatic carbocycles. The average Bonchev–Trinajstić information content (AvgIpc) is 3.12. The summed E-state index contributed by atoms with van der Waals surface area (Å²) in [5.41, 5.74) is 1.42. The zero-order valence-corrected chi connectivity index (χ0v) is 18.1. The van der Waals surface area contributed by atoms with Gasteiger partial charge in [0.15, 0.2) is 11.6 Å². The van der Waals surface area contributed by atoms with Crippen molar-refractivity contribution in [3.05, 3.63) is 51.9 Å². The van der Waals surface area contributed by atoms with Crippen molar-refractivity contribution in [3.8, 4) is 5.75 Å². The van der Waals surface area contributed by atoms with Crippen LogP contribution >= 0.6 is 11.6 Å². The summed E-state index contributed by atoms with van der Waals surface area (Å²) in [6.45, 7) is 1.92. The van der Waals surface area contributed by atoms with Crippen LogP contribution < -0.4 is 10.1 Å². The Balaban J connectivity index is 1.13. The van der Waals surface area contributed by atoms with Crippen LogP contribution in [0, 0.1) is 12.3 Å². The molecule has 4 aliphatic rings. The fourth-order valence-corrected chi connectivity index (χ4v) is 5.67. The van der Waals surface area contributed by atoms with E-state index in [1.54, 1.807) is 12.1 Å². The Bertz CT molecular complexity index is 1080. The molecule has 6 rings (SSSR count). The Hall–Kier alpha value is -2.60. The second-order valence-electron chi connectivity index (χ2n) is 9.40. The number of carbonyl (C=O) groups excluding carboxylic acids is 3. The predicted molar refractivity (Wildman–Crippen MR) is 114 cm³/mol. The molecule has 1 aromatic heterocycles. The molecule has 0 atom stereocenters. The lowest BCUT2D eigenvalue weighted by Gasteiger charge is -2.70. The summed E-state index contributed by atoms with van der Waals surface area (Å²) in [5.74, 6) is 1.05. The third kappa shape index (κ3) is 3.57. The number of amides is 1. The number of Topliss-reactive ketones (excluding diaryl/α,β-unsaturated/α-hetero) is 2. The summed E-state index contributed by atoms with van der Waals surface area (Å²) in [6.07, 6.45) is 6.13. The molecule has 0 spiro atoms. The van der Waals surface area contributed by atoms with Crippen molar-refractivity contribution in [2.24, 2.45) is 5.41 Å². The summed E-state index contributed by atoms with van der Waals surface area (Å²) >= 11 is 6.01. The molecule has 6 nitrogen and oxygen atoms in total. The van der Waals surface area contributed by atoms with E-state index in [4.69, 9.17) is 20.8 Å². The topological polar surface area (TPSA) is 85.6 Å². The van der Waals surface area contributed by atoms with E-state index in [9.17, 15) is 14.4 Å². The highest BCUT2D eigenvalue weighted by atomic mass is 35.5. The largest absolute Gasteiger partial charge is 0.486 e. The van der Waals surface area contributed by atoms with Gasteiger partial charge in [0.05, 0.1) is 11.1 Å². The molecule has 1 amide bonds. The van der Waals surface area contributed by atoms with Crippen LogP contribution in [0.15, 0.2) is 28.9 Å². The highest BCUT2D eigenvalue weighted by Crippen LogP contribution is 2.69. The van der Waals surface area contributed by atoms with Crippen LogP contribution in [0.25, 0.3) is 0 Å². The predicted octanol–water partition coefficient (Wildman–Crippen LogP) is 4.45. The van der Waals surface area contributed by atoms with Gasteiger partial charge in [-0.15, -0.1) is 0 Å². The minimum absolute atomic E-state index is 0.0179. The molecule has 31 heavy (non-hydrogen) atoms. The van der Waals surface area contributed by atoms with E-state index in [-0.39, 0.29) is 35.0 Å². The second kappa shape index (κ2) is 7.23. The Morgan fingerprint density at radius 2 is 2.00 bits per heavy atom. The number of hydrogen-bond donors (Lipinski definition) is 1. The van der Waals surface area contributed by atoms with Gasteiger partial charge < -0.3 is 14.5 Å². The number of rotatable bonds is 7. The van der Waals surface area contributed by atoms with E-state index < -0.39 is 0 Å². The maximum Gasteiger partial charge on any atom is 0.255 e. The van der Waals surface area contributed by atoms with Crippen molar-refractivity contribution >= 4 is 29.1 Å². The average molecular weight is 442 g/mol. The van der Waals surface area contributed by atoms with Gasteiger partial charge in [-0.1, -0.05) is 11.6 Å². The van der Waals surface area contributed by atoms with Crippen molar-refractivity contribution in [1.82, 2.24) is 5.32 Å². The first-order chi connectivity index (χ1) is 14.8. The summed E-state index contributed by atoms with van der Waals surface area (Å²) in [4.78, 5) is 37.4. The fourth-order valence-electron chi connectivity index (χ4n) is 5.56. The minimum Gasteiger partial charge on any atom is -0.486 e. The van der Waals surface area contributed by atoms with Gasteiger partial charge in [0.1, 0.15) is 24.4 Å². The smallest absolute Gasteiger partial charge is 0.255 e.